The van der Waals surface area contributed by atoms with Crippen LogP contribution in [0.25, 0.3) is 11.1 Å². The maximum absolute atomic E-state index is 10.2. The molecule has 0 amide bonds. The molecule has 1 aliphatic rings. The molecular weight excluding hydrogens is 586 g/mol. The van der Waals surface area contributed by atoms with E-state index in [0.29, 0.717) is 35.2 Å². The standard InChI is InChI=1S/C29H38ClN9O3Si/c1-29(2,40)18-37-10-5-11-38(13-12-37)23-7-9-25(27(15-23)41-3)34-28-31-16-22(17-32-28)21-6-8-24(30)26(14-21)42-43(4)20-39-19-33-35-36-39/h6-9,14-17,19,40,43H,5,10-13,18,20H2,1-4H3,(H,31,32,34)/t43-/m0/s1. The summed E-state index contributed by atoms with van der Waals surface area (Å²) in [6, 6.07) is 11.8. The molecule has 43 heavy (non-hydrogen) atoms. The summed E-state index contributed by atoms with van der Waals surface area (Å²) in [5.41, 5.74) is 2.91. The van der Waals surface area contributed by atoms with Crippen LogP contribution >= 0.6 is 11.6 Å². The maximum Gasteiger partial charge on any atom is 0.253 e. The van der Waals surface area contributed by atoms with E-state index in [9.17, 15) is 5.11 Å². The Kier molecular flexibility index (Phi) is 9.75. The van der Waals surface area contributed by atoms with Gasteiger partial charge < -0.3 is 24.5 Å². The second-order valence-electron chi connectivity index (χ2n) is 11.3. The highest BCUT2D eigenvalue weighted by molar-refractivity contribution is 6.50. The summed E-state index contributed by atoms with van der Waals surface area (Å²) in [6.45, 7) is 10.1. The van der Waals surface area contributed by atoms with Crippen molar-refractivity contribution in [3.05, 3.63) is 60.1 Å². The van der Waals surface area contributed by atoms with Crippen molar-refractivity contribution in [1.82, 2.24) is 35.1 Å². The Labute approximate surface area is 258 Å². The van der Waals surface area contributed by atoms with Gasteiger partial charge in [0.25, 0.3) is 9.04 Å². The number of halogens is 1. The zero-order valence-electron chi connectivity index (χ0n) is 24.9. The fraction of sp³-hybridized carbons (Fsp3) is 0.414. The van der Waals surface area contributed by atoms with Gasteiger partial charge in [0, 0.05) is 62.4 Å². The Morgan fingerprint density at radius 2 is 1.84 bits per heavy atom. The van der Waals surface area contributed by atoms with Crippen LogP contribution in [0.1, 0.15) is 20.3 Å². The van der Waals surface area contributed by atoms with E-state index >= 15 is 0 Å². The third kappa shape index (κ3) is 8.41. The number of aromatic nitrogens is 6. The molecule has 0 radical (unpaired) electrons. The lowest BCUT2D eigenvalue weighted by Gasteiger charge is -2.28. The van der Waals surface area contributed by atoms with E-state index in [0.717, 1.165) is 55.1 Å². The Morgan fingerprint density at radius 3 is 2.56 bits per heavy atom. The Hall–Kier alpha value is -3.78. The number of rotatable bonds is 11. The lowest BCUT2D eigenvalue weighted by Crippen LogP contribution is -2.40. The van der Waals surface area contributed by atoms with Crippen molar-refractivity contribution in [3.8, 4) is 22.6 Å². The predicted molar refractivity (Wildman–Crippen MR) is 170 cm³/mol. The number of nitrogens with one attached hydrogen (secondary N) is 1. The number of tetrazole rings is 1. The average Bonchev–Trinajstić information content (AvgIpc) is 3.38. The molecule has 5 rings (SSSR count). The van der Waals surface area contributed by atoms with Crippen LogP contribution in [-0.2, 0) is 6.17 Å². The van der Waals surface area contributed by atoms with Crippen molar-refractivity contribution < 1.29 is 14.3 Å². The molecule has 0 spiro atoms. The summed E-state index contributed by atoms with van der Waals surface area (Å²) >= 11 is 6.43. The number of hydrogen-bond acceptors (Lipinski definition) is 11. The van der Waals surface area contributed by atoms with E-state index in [1.54, 1.807) is 30.5 Å². The maximum atomic E-state index is 10.2. The van der Waals surface area contributed by atoms with Crippen LogP contribution in [0.2, 0.25) is 11.6 Å². The van der Waals surface area contributed by atoms with Gasteiger partial charge in [-0.1, -0.05) is 17.7 Å². The molecule has 0 saturated carbocycles. The quantitative estimate of drug-likeness (QED) is 0.237. The molecule has 228 valence electrons. The molecule has 0 unspecified atom stereocenters. The van der Waals surface area contributed by atoms with Crippen LogP contribution in [0.5, 0.6) is 11.5 Å². The molecule has 0 aliphatic carbocycles. The highest BCUT2D eigenvalue weighted by Gasteiger charge is 2.22. The fourth-order valence-corrected chi connectivity index (χ4v) is 6.77. The molecule has 1 atom stereocenters. The summed E-state index contributed by atoms with van der Waals surface area (Å²) < 4.78 is 13.6. The third-order valence-corrected chi connectivity index (χ3v) is 8.93. The summed E-state index contributed by atoms with van der Waals surface area (Å²) in [5, 5.41) is 25.3. The molecule has 1 saturated heterocycles. The first-order valence-corrected chi connectivity index (χ1v) is 17.1. The van der Waals surface area contributed by atoms with E-state index < -0.39 is 14.6 Å². The van der Waals surface area contributed by atoms with Crippen molar-refractivity contribution in [2.24, 2.45) is 0 Å². The molecule has 2 aromatic heterocycles. The lowest BCUT2D eigenvalue weighted by atomic mass is 10.1. The van der Waals surface area contributed by atoms with Crippen LogP contribution in [0, 0.1) is 0 Å². The molecule has 1 aliphatic heterocycles. The first-order valence-electron chi connectivity index (χ1n) is 14.3. The topological polar surface area (TPSA) is 127 Å². The number of anilines is 3. The predicted octanol–water partition coefficient (Wildman–Crippen LogP) is 3.79. The largest absolute Gasteiger partial charge is 0.544 e. The number of hydrogen-bond donors (Lipinski definition) is 2. The summed E-state index contributed by atoms with van der Waals surface area (Å²) in [4.78, 5) is 13.8. The number of nitrogens with zero attached hydrogens (tertiary/aromatic N) is 8. The van der Waals surface area contributed by atoms with Crippen LogP contribution in [-0.4, -0.2) is 94.7 Å². The van der Waals surface area contributed by atoms with E-state index in [2.05, 4.69) is 53.2 Å². The summed E-state index contributed by atoms with van der Waals surface area (Å²) in [6.07, 6.45) is 6.76. The summed E-state index contributed by atoms with van der Waals surface area (Å²) in [7, 11) is -0.0172. The van der Waals surface area contributed by atoms with Crippen molar-refractivity contribution in [3.63, 3.8) is 0 Å². The van der Waals surface area contributed by atoms with Gasteiger partial charge in [-0.05, 0) is 67.1 Å². The van der Waals surface area contributed by atoms with Gasteiger partial charge >= 0.3 is 0 Å². The van der Waals surface area contributed by atoms with Gasteiger partial charge in [-0.25, -0.2) is 14.6 Å². The molecule has 12 nitrogen and oxygen atoms in total. The first-order chi connectivity index (χ1) is 20.7. The summed E-state index contributed by atoms with van der Waals surface area (Å²) in [5.74, 6) is 1.79. The van der Waals surface area contributed by atoms with E-state index in [1.165, 1.54) is 0 Å². The molecular formula is C29H38ClN9O3Si. The number of aliphatic hydroxyl groups is 1. The minimum atomic E-state index is -1.68. The Balaban J connectivity index is 1.23. The van der Waals surface area contributed by atoms with Crippen LogP contribution in [0.3, 0.4) is 0 Å². The minimum absolute atomic E-state index is 0.458. The van der Waals surface area contributed by atoms with Gasteiger partial charge in [0.15, 0.2) is 0 Å². The first kappa shape index (κ1) is 30.7. The van der Waals surface area contributed by atoms with Crippen molar-refractivity contribution >= 4 is 38.0 Å². The van der Waals surface area contributed by atoms with Crippen LogP contribution in [0.15, 0.2) is 55.1 Å². The van der Waals surface area contributed by atoms with Crippen molar-refractivity contribution in [2.75, 3.05) is 50.1 Å². The van der Waals surface area contributed by atoms with Gasteiger partial charge in [-0.15, -0.1) is 5.10 Å². The molecule has 4 aromatic rings. The minimum Gasteiger partial charge on any atom is -0.544 e. The van der Waals surface area contributed by atoms with E-state index in [1.807, 2.05) is 44.2 Å². The second kappa shape index (κ2) is 13.7. The highest BCUT2D eigenvalue weighted by atomic mass is 35.5. The number of methoxy groups -OCH3 is 1. The fourth-order valence-electron chi connectivity index (χ4n) is 5.13. The highest BCUT2D eigenvalue weighted by Crippen LogP contribution is 2.33. The van der Waals surface area contributed by atoms with E-state index in [4.69, 9.17) is 20.8 Å². The van der Waals surface area contributed by atoms with Crippen molar-refractivity contribution in [2.45, 2.75) is 38.6 Å². The number of ether oxygens (including phenoxy) is 1. The monoisotopic (exact) mass is 623 g/mol. The van der Waals surface area contributed by atoms with Gasteiger partial charge in [0.1, 0.15) is 17.8 Å². The van der Waals surface area contributed by atoms with E-state index in [-0.39, 0.29) is 0 Å². The second-order valence-corrected chi connectivity index (χ2v) is 14.0. The number of benzene rings is 2. The molecule has 2 N–H and O–H groups in total. The van der Waals surface area contributed by atoms with Gasteiger partial charge in [-0.2, -0.15) is 0 Å². The van der Waals surface area contributed by atoms with Gasteiger partial charge in [-0.3, -0.25) is 4.90 Å². The number of β-amino-alcohol motifs (C(OH)–C–C–N with tert-alkyl or cyclic N) is 1. The Bertz CT molecular complexity index is 1490. The molecule has 0 bridgehead atoms. The molecule has 2 aromatic carbocycles. The normalized spacial score (nSPS) is 15.2. The SMILES string of the molecule is COc1cc(N2CCCN(CC(C)(C)O)CC2)ccc1Nc1ncc(-c2ccc(Cl)c(O[Si@@H](C)Cn3cnnn3)c2)cn1. The average molecular weight is 624 g/mol. The molecule has 1 fully saturated rings. The molecule has 3 heterocycles. The van der Waals surface area contributed by atoms with Gasteiger partial charge in [0.05, 0.1) is 29.6 Å². The lowest BCUT2D eigenvalue weighted by molar-refractivity contribution is 0.0385. The zero-order chi connectivity index (χ0) is 30.4. The Morgan fingerprint density at radius 1 is 1.02 bits per heavy atom. The third-order valence-electron chi connectivity index (χ3n) is 7.08. The smallest absolute Gasteiger partial charge is 0.253 e. The molecule has 14 heteroatoms. The van der Waals surface area contributed by atoms with Crippen LogP contribution < -0.4 is 19.4 Å². The van der Waals surface area contributed by atoms with Crippen LogP contribution in [0.4, 0.5) is 17.3 Å². The van der Waals surface area contributed by atoms with Crippen molar-refractivity contribution in [1.29, 1.82) is 0 Å². The zero-order valence-corrected chi connectivity index (χ0v) is 26.9. The van der Waals surface area contributed by atoms with Gasteiger partial charge in [0.2, 0.25) is 5.95 Å².